The van der Waals surface area contributed by atoms with Gasteiger partial charge in [0.05, 0.1) is 11.9 Å². The lowest BCUT2D eigenvalue weighted by Gasteiger charge is -2.40. The van der Waals surface area contributed by atoms with Crippen LogP contribution >= 0.6 is 0 Å². The highest BCUT2D eigenvalue weighted by molar-refractivity contribution is 7.88. The SMILES string of the molecule is CS(=O)(=O)NC[C@H](c1ccc2c(c1)OCO2)N1CCN(c2ccccc2F)CC1. The Morgan fingerprint density at radius 3 is 2.52 bits per heavy atom. The Hall–Kier alpha value is -2.36. The van der Waals surface area contributed by atoms with Crippen LogP contribution < -0.4 is 19.1 Å². The molecule has 1 N–H and O–H groups in total. The second kappa shape index (κ2) is 8.17. The molecule has 2 aromatic carbocycles. The maximum Gasteiger partial charge on any atom is 0.231 e. The molecule has 1 atom stereocenters. The fourth-order valence-electron chi connectivity index (χ4n) is 3.79. The average Bonchev–Trinajstić information content (AvgIpc) is 3.16. The molecule has 1 fully saturated rings. The van der Waals surface area contributed by atoms with E-state index in [2.05, 4.69) is 9.62 Å². The molecule has 0 amide bonds. The third-order valence-corrected chi connectivity index (χ3v) is 5.96. The zero-order valence-corrected chi connectivity index (χ0v) is 17.0. The summed E-state index contributed by atoms with van der Waals surface area (Å²) < 4.78 is 51.0. The molecule has 7 nitrogen and oxygen atoms in total. The number of hydrogen-bond acceptors (Lipinski definition) is 6. The quantitative estimate of drug-likeness (QED) is 0.769. The molecule has 0 aliphatic carbocycles. The molecule has 0 saturated carbocycles. The smallest absolute Gasteiger partial charge is 0.231 e. The highest BCUT2D eigenvalue weighted by Gasteiger charge is 2.28. The Bertz CT molecular complexity index is 977. The summed E-state index contributed by atoms with van der Waals surface area (Å²) in [6.07, 6.45) is 1.15. The Balaban J connectivity index is 1.52. The van der Waals surface area contributed by atoms with Crippen LogP contribution in [0.15, 0.2) is 42.5 Å². The van der Waals surface area contributed by atoms with Crippen molar-refractivity contribution in [2.45, 2.75) is 6.04 Å². The minimum Gasteiger partial charge on any atom is -0.454 e. The molecule has 2 aliphatic rings. The van der Waals surface area contributed by atoms with Gasteiger partial charge in [0.15, 0.2) is 11.5 Å². The Kier molecular flexibility index (Phi) is 5.62. The van der Waals surface area contributed by atoms with Crippen molar-refractivity contribution in [3.63, 3.8) is 0 Å². The summed E-state index contributed by atoms with van der Waals surface area (Å²) in [5.74, 6) is 1.12. The van der Waals surface area contributed by atoms with E-state index in [0.29, 0.717) is 43.4 Å². The molecule has 4 rings (SSSR count). The van der Waals surface area contributed by atoms with E-state index >= 15 is 0 Å². The topological polar surface area (TPSA) is 71.1 Å². The van der Waals surface area contributed by atoms with E-state index in [-0.39, 0.29) is 25.2 Å². The molecule has 0 unspecified atom stereocenters. The minimum absolute atomic E-state index is 0.165. The number of nitrogens with one attached hydrogen (secondary N) is 1. The third kappa shape index (κ3) is 4.63. The second-order valence-corrected chi connectivity index (χ2v) is 9.06. The van der Waals surface area contributed by atoms with E-state index in [4.69, 9.17) is 9.47 Å². The molecule has 0 aromatic heterocycles. The zero-order chi connectivity index (χ0) is 20.4. The third-order valence-electron chi connectivity index (χ3n) is 5.27. The fourth-order valence-corrected chi connectivity index (χ4v) is 4.25. The van der Waals surface area contributed by atoms with Gasteiger partial charge >= 0.3 is 0 Å². The summed E-state index contributed by atoms with van der Waals surface area (Å²) in [6.45, 7) is 3.10. The number of halogens is 1. The van der Waals surface area contributed by atoms with Crippen molar-refractivity contribution in [3.05, 3.63) is 53.8 Å². The van der Waals surface area contributed by atoms with Gasteiger partial charge in [-0.3, -0.25) is 4.90 Å². The number of sulfonamides is 1. The highest BCUT2D eigenvalue weighted by Crippen LogP contribution is 2.36. The predicted molar refractivity (Wildman–Crippen MR) is 108 cm³/mol. The highest BCUT2D eigenvalue weighted by atomic mass is 32.2. The van der Waals surface area contributed by atoms with E-state index in [1.54, 1.807) is 12.1 Å². The molecule has 0 spiro atoms. The largest absolute Gasteiger partial charge is 0.454 e. The maximum absolute atomic E-state index is 14.1. The van der Waals surface area contributed by atoms with E-state index in [1.807, 2.05) is 29.2 Å². The molecule has 0 bridgehead atoms. The maximum atomic E-state index is 14.1. The first-order valence-electron chi connectivity index (χ1n) is 9.48. The van der Waals surface area contributed by atoms with E-state index in [9.17, 15) is 12.8 Å². The number of piperazine rings is 1. The van der Waals surface area contributed by atoms with Crippen molar-refractivity contribution >= 4 is 15.7 Å². The van der Waals surface area contributed by atoms with Gasteiger partial charge in [-0.05, 0) is 29.8 Å². The molecule has 29 heavy (non-hydrogen) atoms. The second-order valence-electron chi connectivity index (χ2n) is 7.22. The van der Waals surface area contributed by atoms with Crippen LogP contribution in [0.4, 0.5) is 10.1 Å². The van der Waals surface area contributed by atoms with Crippen molar-refractivity contribution in [2.75, 3.05) is 50.7 Å². The van der Waals surface area contributed by atoms with Gasteiger partial charge in [0.1, 0.15) is 5.82 Å². The normalized spacial score (nSPS) is 18.1. The van der Waals surface area contributed by atoms with Gasteiger partial charge in [0.2, 0.25) is 16.8 Å². The molecule has 2 aromatic rings. The molecule has 2 heterocycles. The van der Waals surface area contributed by atoms with Crippen LogP contribution in [-0.4, -0.2) is 59.1 Å². The van der Waals surface area contributed by atoms with Gasteiger partial charge in [-0.2, -0.15) is 0 Å². The monoisotopic (exact) mass is 421 g/mol. The predicted octanol–water partition coefficient (Wildman–Crippen LogP) is 1.97. The number of para-hydroxylation sites is 1. The number of hydrogen-bond donors (Lipinski definition) is 1. The standard InChI is InChI=1S/C20H24FN3O4S/c1-29(25,26)22-13-18(15-6-7-19-20(12-15)28-14-27-19)24-10-8-23(9-11-24)17-5-3-2-4-16(17)21/h2-7,12,18,22H,8-11,13-14H2,1H3/t18-/m1/s1. The summed E-state index contributed by atoms with van der Waals surface area (Å²) in [5, 5.41) is 0. The lowest BCUT2D eigenvalue weighted by molar-refractivity contribution is 0.173. The van der Waals surface area contributed by atoms with Crippen LogP contribution in [0.2, 0.25) is 0 Å². The van der Waals surface area contributed by atoms with Crippen LogP contribution in [0, 0.1) is 5.82 Å². The minimum atomic E-state index is -3.33. The zero-order valence-electron chi connectivity index (χ0n) is 16.2. The van der Waals surface area contributed by atoms with Crippen LogP contribution in [0.3, 0.4) is 0 Å². The molecule has 9 heteroatoms. The molecular formula is C20H24FN3O4S. The van der Waals surface area contributed by atoms with Crippen molar-refractivity contribution < 1.29 is 22.3 Å². The first-order valence-corrected chi connectivity index (χ1v) is 11.4. The Labute approximate surface area is 170 Å². The van der Waals surface area contributed by atoms with Crippen LogP contribution in [0.1, 0.15) is 11.6 Å². The first-order chi connectivity index (χ1) is 13.9. The number of rotatable bonds is 6. The van der Waals surface area contributed by atoms with E-state index in [0.717, 1.165) is 11.8 Å². The van der Waals surface area contributed by atoms with Gasteiger partial charge in [-0.15, -0.1) is 0 Å². The molecule has 156 valence electrons. The number of fused-ring (bicyclic) bond motifs is 1. The molecule has 2 aliphatic heterocycles. The summed E-state index contributed by atoms with van der Waals surface area (Å²) in [4.78, 5) is 4.24. The molecule has 0 radical (unpaired) electrons. The lowest BCUT2D eigenvalue weighted by Crippen LogP contribution is -2.50. The van der Waals surface area contributed by atoms with Crippen molar-refractivity contribution in [2.24, 2.45) is 0 Å². The summed E-state index contributed by atoms with van der Waals surface area (Å²) in [5.41, 5.74) is 1.55. The molecule has 1 saturated heterocycles. The van der Waals surface area contributed by atoms with Crippen molar-refractivity contribution in [1.82, 2.24) is 9.62 Å². The van der Waals surface area contributed by atoms with Gasteiger partial charge in [0, 0.05) is 38.8 Å². The van der Waals surface area contributed by atoms with E-state index in [1.165, 1.54) is 6.07 Å². The lowest BCUT2D eigenvalue weighted by atomic mass is 10.0. The Morgan fingerprint density at radius 2 is 1.79 bits per heavy atom. The van der Waals surface area contributed by atoms with Crippen LogP contribution in [0.25, 0.3) is 0 Å². The van der Waals surface area contributed by atoms with Gasteiger partial charge < -0.3 is 14.4 Å². The van der Waals surface area contributed by atoms with Crippen LogP contribution in [0.5, 0.6) is 11.5 Å². The number of nitrogens with zero attached hydrogens (tertiary/aromatic N) is 2. The number of anilines is 1. The summed E-state index contributed by atoms with van der Waals surface area (Å²) in [6, 6.07) is 12.3. The van der Waals surface area contributed by atoms with Gasteiger partial charge in [0.25, 0.3) is 0 Å². The van der Waals surface area contributed by atoms with Crippen molar-refractivity contribution in [3.8, 4) is 11.5 Å². The number of benzene rings is 2. The Morgan fingerprint density at radius 1 is 1.07 bits per heavy atom. The fraction of sp³-hybridized carbons (Fsp3) is 0.400. The van der Waals surface area contributed by atoms with E-state index < -0.39 is 10.0 Å². The average molecular weight is 421 g/mol. The van der Waals surface area contributed by atoms with Crippen molar-refractivity contribution in [1.29, 1.82) is 0 Å². The molecular weight excluding hydrogens is 397 g/mol. The van der Waals surface area contributed by atoms with Crippen LogP contribution in [-0.2, 0) is 10.0 Å². The van der Waals surface area contributed by atoms with Gasteiger partial charge in [-0.1, -0.05) is 18.2 Å². The number of ether oxygens (including phenoxy) is 2. The summed E-state index contributed by atoms with van der Waals surface area (Å²) >= 11 is 0. The summed E-state index contributed by atoms with van der Waals surface area (Å²) in [7, 11) is -3.33. The van der Waals surface area contributed by atoms with Gasteiger partial charge in [-0.25, -0.2) is 17.5 Å². The first kappa shape index (κ1) is 19.9.